The Labute approximate surface area is 210 Å². The van der Waals surface area contributed by atoms with Gasteiger partial charge in [0.05, 0.1) is 18.2 Å². The quantitative estimate of drug-likeness (QED) is 0.470. The summed E-state index contributed by atoms with van der Waals surface area (Å²) in [6.45, 7) is 4.45. The van der Waals surface area contributed by atoms with Crippen LogP contribution in [0.15, 0.2) is 54.6 Å². The van der Waals surface area contributed by atoms with Gasteiger partial charge in [0.15, 0.2) is 5.69 Å². The number of carbonyl (C=O) groups is 2. The van der Waals surface area contributed by atoms with Gasteiger partial charge in [-0.15, -0.1) is 0 Å². The molecule has 2 atom stereocenters. The third-order valence-corrected chi connectivity index (χ3v) is 6.42. The minimum atomic E-state index is -0.716. The van der Waals surface area contributed by atoms with Crippen LogP contribution >= 0.6 is 0 Å². The molecule has 0 radical (unpaired) electrons. The number of esters is 1. The summed E-state index contributed by atoms with van der Waals surface area (Å²) in [6.07, 6.45) is 0.192. The predicted octanol–water partition coefficient (Wildman–Crippen LogP) is 4.41. The van der Waals surface area contributed by atoms with Crippen LogP contribution in [-0.2, 0) is 22.5 Å². The molecular formula is C28H32FN3O4. The van der Waals surface area contributed by atoms with Crippen LogP contribution in [-0.4, -0.2) is 50.9 Å². The number of aliphatic hydroxyl groups excluding tert-OH is 1. The number of aromatic nitrogens is 2. The lowest BCUT2D eigenvalue weighted by Gasteiger charge is -2.26. The number of benzene rings is 2. The lowest BCUT2D eigenvalue weighted by molar-refractivity contribution is -0.160. The maximum absolute atomic E-state index is 13.7. The molecular weight excluding hydrogens is 461 g/mol. The molecule has 0 bridgehead atoms. The monoisotopic (exact) mass is 493 g/mol. The van der Waals surface area contributed by atoms with Gasteiger partial charge in [-0.25, -0.2) is 9.07 Å². The van der Waals surface area contributed by atoms with Crippen LogP contribution in [0.25, 0.3) is 5.69 Å². The van der Waals surface area contributed by atoms with Crippen LogP contribution in [0.1, 0.15) is 66.3 Å². The highest BCUT2D eigenvalue weighted by atomic mass is 19.1. The van der Waals surface area contributed by atoms with Crippen LogP contribution in [0.4, 0.5) is 4.39 Å². The minimum Gasteiger partial charge on any atom is -0.462 e. The van der Waals surface area contributed by atoms with Crippen LogP contribution in [0, 0.1) is 5.82 Å². The Bertz CT molecular complexity index is 1210. The molecule has 1 saturated heterocycles. The Hall–Kier alpha value is -3.52. The predicted molar refractivity (Wildman–Crippen MR) is 133 cm³/mol. The first-order chi connectivity index (χ1) is 17.2. The van der Waals surface area contributed by atoms with Crippen LogP contribution in [0.3, 0.4) is 0 Å². The van der Waals surface area contributed by atoms with E-state index >= 15 is 0 Å². The maximum Gasteiger partial charge on any atom is 0.308 e. The molecule has 0 saturated carbocycles. The molecule has 1 aliphatic rings. The number of halogens is 1. The zero-order chi connectivity index (χ0) is 25.8. The zero-order valence-corrected chi connectivity index (χ0v) is 20.9. The number of carbonyl (C=O) groups excluding carboxylic acids is 2. The van der Waals surface area contributed by atoms with Crippen molar-refractivity contribution >= 4 is 11.9 Å². The van der Waals surface area contributed by atoms with E-state index in [0.717, 1.165) is 16.8 Å². The summed E-state index contributed by atoms with van der Waals surface area (Å²) in [5, 5.41) is 14.7. The second-order valence-electron chi connectivity index (χ2n) is 9.64. The van der Waals surface area contributed by atoms with E-state index in [-0.39, 0.29) is 24.1 Å². The van der Waals surface area contributed by atoms with E-state index in [4.69, 9.17) is 9.84 Å². The van der Waals surface area contributed by atoms with Gasteiger partial charge in [0.2, 0.25) is 0 Å². The Morgan fingerprint density at radius 2 is 1.89 bits per heavy atom. The van der Waals surface area contributed by atoms with E-state index in [0.29, 0.717) is 37.2 Å². The van der Waals surface area contributed by atoms with Crippen molar-refractivity contribution in [3.63, 3.8) is 0 Å². The van der Waals surface area contributed by atoms with Crippen molar-refractivity contribution in [2.24, 2.45) is 0 Å². The molecule has 190 valence electrons. The molecule has 36 heavy (non-hydrogen) atoms. The summed E-state index contributed by atoms with van der Waals surface area (Å²) in [5.41, 5.74) is 3.62. The average Bonchev–Trinajstić information content (AvgIpc) is 3.22. The number of nitrogens with zero attached hydrogens (tertiary/aromatic N) is 3. The molecule has 2 aromatic carbocycles. The van der Waals surface area contributed by atoms with Crippen molar-refractivity contribution in [2.75, 3.05) is 7.05 Å². The number of cyclic esters (lactones) is 1. The first-order valence-electron chi connectivity index (χ1n) is 12.3. The molecule has 2 heterocycles. The van der Waals surface area contributed by atoms with Crippen molar-refractivity contribution in [2.45, 2.75) is 64.2 Å². The number of ether oxygens (including phenoxy) is 1. The molecule has 7 nitrogen and oxygen atoms in total. The molecule has 1 aromatic heterocycles. The Kier molecular flexibility index (Phi) is 7.84. The van der Waals surface area contributed by atoms with E-state index in [1.165, 1.54) is 12.1 Å². The highest BCUT2D eigenvalue weighted by molar-refractivity contribution is 5.94. The van der Waals surface area contributed by atoms with Crippen LogP contribution in [0.5, 0.6) is 0 Å². The van der Waals surface area contributed by atoms with Gasteiger partial charge in [-0.05, 0) is 48.6 Å². The Balaban J connectivity index is 1.70. The van der Waals surface area contributed by atoms with Gasteiger partial charge in [-0.3, -0.25) is 9.59 Å². The zero-order valence-electron chi connectivity index (χ0n) is 20.9. The highest BCUT2D eigenvalue weighted by Gasteiger charge is 2.31. The van der Waals surface area contributed by atoms with E-state index in [1.807, 2.05) is 44.2 Å². The van der Waals surface area contributed by atoms with Crippen LogP contribution in [0.2, 0.25) is 0 Å². The second kappa shape index (κ2) is 11.0. The number of aliphatic hydroxyl groups is 1. The Morgan fingerprint density at radius 3 is 2.53 bits per heavy atom. The van der Waals surface area contributed by atoms with Crippen molar-refractivity contribution in [1.82, 2.24) is 14.7 Å². The minimum absolute atomic E-state index is 0.00759. The third kappa shape index (κ3) is 5.82. The van der Waals surface area contributed by atoms with Crippen molar-refractivity contribution in [1.29, 1.82) is 0 Å². The molecule has 1 amide bonds. The van der Waals surface area contributed by atoms with Gasteiger partial charge >= 0.3 is 5.97 Å². The average molecular weight is 494 g/mol. The fourth-order valence-corrected chi connectivity index (χ4v) is 4.71. The van der Waals surface area contributed by atoms with Gasteiger partial charge in [0.1, 0.15) is 11.9 Å². The summed E-state index contributed by atoms with van der Waals surface area (Å²) in [7, 11) is 1.75. The number of rotatable bonds is 8. The molecule has 0 aliphatic carbocycles. The molecule has 8 heteroatoms. The van der Waals surface area contributed by atoms with Crippen molar-refractivity contribution < 1.29 is 23.8 Å². The van der Waals surface area contributed by atoms with Crippen molar-refractivity contribution in [3.05, 3.63) is 82.9 Å². The SMILES string of the molecule is CC(C)c1c(C(=O)N(C)Cc2ccccc2)nn(-c2ccc(F)cc2)c1CCC1CC(O)CC(=O)O1. The normalized spacial score (nSPS) is 17.8. The lowest BCUT2D eigenvalue weighted by Crippen LogP contribution is -2.33. The summed E-state index contributed by atoms with van der Waals surface area (Å²) in [6, 6.07) is 15.7. The molecule has 1 fully saturated rings. The molecule has 4 rings (SSSR count). The third-order valence-electron chi connectivity index (χ3n) is 6.42. The maximum atomic E-state index is 13.7. The van der Waals surface area contributed by atoms with Gasteiger partial charge < -0.3 is 14.7 Å². The largest absolute Gasteiger partial charge is 0.462 e. The van der Waals surface area contributed by atoms with E-state index in [1.54, 1.807) is 28.8 Å². The number of amides is 1. The Morgan fingerprint density at radius 1 is 1.19 bits per heavy atom. The number of hydrogen-bond donors (Lipinski definition) is 1. The second-order valence-corrected chi connectivity index (χ2v) is 9.64. The summed E-state index contributed by atoms with van der Waals surface area (Å²) >= 11 is 0. The van der Waals surface area contributed by atoms with Gasteiger partial charge in [0, 0.05) is 31.3 Å². The molecule has 3 aromatic rings. The summed E-state index contributed by atoms with van der Waals surface area (Å²) < 4.78 is 20.8. The van der Waals surface area contributed by atoms with Crippen LogP contribution < -0.4 is 0 Å². The smallest absolute Gasteiger partial charge is 0.308 e. The van der Waals surface area contributed by atoms with E-state index in [9.17, 15) is 19.1 Å². The fourth-order valence-electron chi connectivity index (χ4n) is 4.71. The van der Waals surface area contributed by atoms with Crippen molar-refractivity contribution in [3.8, 4) is 5.69 Å². The van der Waals surface area contributed by atoms with Gasteiger partial charge in [-0.2, -0.15) is 5.10 Å². The molecule has 1 N–H and O–H groups in total. The lowest BCUT2D eigenvalue weighted by atomic mass is 9.94. The van der Waals surface area contributed by atoms with Gasteiger partial charge in [0.25, 0.3) is 5.91 Å². The molecule has 0 spiro atoms. The summed E-state index contributed by atoms with van der Waals surface area (Å²) in [5.74, 6) is -0.992. The topological polar surface area (TPSA) is 84.7 Å². The standard InChI is InChI=1S/C28H32FN3O4/c1-18(2)26-24(14-13-23-15-22(33)16-25(34)36-23)32(21-11-9-20(29)10-12-21)30-27(26)28(35)31(3)17-19-7-5-4-6-8-19/h4-12,18,22-23,33H,13-17H2,1-3H3. The van der Waals surface area contributed by atoms with Gasteiger partial charge in [-0.1, -0.05) is 44.2 Å². The van der Waals surface area contributed by atoms with E-state index < -0.39 is 18.2 Å². The first-order valence-corrected chi connectivity index (χ1v) is 12.3. The molecule has 1 aliphatic heterocycles. The highest BCUT2D eigenvalue weighted by Crippen LogP contribution is 2.30. The fraction of sp³-hybridized carbons (Fsp3) is 0.393. The first kappa shape index (κ1) is 25.6. The van der Waals surface area contributed by atoms with E-state index in [2.05, 4.69) is 0 Å². The summed E-state index contributed by atoms with van der Waals surface area (Å²) in [4.78, 5) is 27.1. The number of hydrogen-bond acceptors (Lipinski definition) is 5. The molecule has 2 unspecified atom stereocenters.